The van der Waals surface area contributed by atoms with Crippen molar-refractivity contribution in [2.45, 2.75) is 18.6 Å². The normalized spacial score (nSPS) is 18.8. The molecule has 6 heteroatoms. The molecule has 0 saturated heterocycles. The minimum atomic E-state index is -0.745. The summed E-state index contributed by atoms with van der Waals surface area (Å²) in [4.78, 5) is 0. The molecule has 25 heavy (non-hydrogen) atoms. The highest BCUT2D eigenvalue weighted by Crippen LogP contribution is 2.52. The van der Waals surface area contributed by atoms with Crippen LogP contribution >= 0.6 is 0 Å². The molecule has 0 radical (unpaired) electrons. The van der Waals surface area contributed by atoms with Crippen LogP contribution in [0.25, 0.3) is 0 Å². The first-order valence-electron chi connectivity index (χ1n) is 7.94. The summed E-state index contributed by atoms with van der Waals surface area (Å²) in [6.45, 7) is 0. The Kier molecular flexibility index (Phi) is 4.90. The summed E-state index contributed by atoms with van der Waals surface area (Å²) in [6.07, 6.45) is -0.618. The SMILES string of the molecule is COc1ccc(C2CC(O)c3c(cc(OC)c(OC)c3OC)O2)cc1. The van der Waals surface area contributed by atoms with Crippen molar-refractivity contribution in [2.75, 3.05) is 28.4 Å². The number of ether oxygens (including phenoxy) is 5. The van der Waals surface area contributed by atoms with Crippen LogP contribution in [0.2, 0.25) is 0 Å². The van der Waals surface area contributed by atoms with E-state index in [1.54, 1.807) is 20.3 Å². The van der Waals surface area contributed by atoms with Gasteiger partial charge in [-0.2, -0.15) is 0 Å². The molecule has 6 nitrogen and oxygen atoms in total. The zero-order valence-electron chi connectivity index (χ0n) is 14.7. The van der Waals surface area contributed by atoms with Gasteiger partial charge in [0.15, 0.2) is 11.5 Å². The molecule has 0 amide bonds. The molecule has 0 aliphatic carbocycles. The summed E-state index contributed by atoms with van der Waals surface area (Å²) in [7, 11) is 6.23. The number of hydrogen-bond acceptors (Lipinski definition) is 6. The molecule has 2 aromatic carbocycles. The fraction of sp³-hybridized carbons (Fsp3) is 0.368. The topological polar surface area (TPSA) is 66.4 Å². The largest absolute Gasteiger partial charge is 0.497 e. The molecule has 0 saturated carbocycles. The van der Waals surface area contributed by atoms with Crippen LogP contribution in [0.5, 0.6) is 28.7 Å². The minimum Gasteiger partial charge on any atom is -0.497 e. The molecule has 2 aromatic rings. The monoisotopic (exact) mass is 346 g/mol. The summed E-state index contributed by atoms with van der Waals surface area (Å²) in [6, 6.07) is 9.32. The first-order chi connectivity index (χ1) is 12.1. The van der Waals surface area contributed by atoms with Crippen LogP contribution in [0.1, 0.15) is 29.8 Å². The molecule has 3 rings (SSSR count). The summed E-state index contributed by atoms with van der Waals surface area (Å²) >= 11 is 0. The van der Waals surface area contributed by atoms with Crippen molar-refractivity contribution < 1.29 is 28.8 Å². The third-order valence-electron chi connectivity index (χ3n) is 4.36. The number of hydrogen-bond donors (Lipinski definition) is 1. The van der Waals surface area contributed by atoms with E-state index in [0.29, 0.717) is 35.0 Å². The summed E-state index contributed by atoms with van der Waals surface area (Å²) in [5, 5.41) is 10.7. The van der Waals surface area contributed by atoms with E-state index in [1.165, 1.54) is 14.2 Å². The van der Waals surface area contributed by atoms with Crippen molar-refractivity contribution in [1.82, 2.24) is 0 Å². The first kappa shape index (κ1) is 17.2. The highest BCUT2D eigenvalue weighted by atomic mass is 16.5. The van der Waals surface area contributed by atoms with Crippen LogP contribution in [0.3, 0.4) is 0 Å². The van der Waals surface area contributed by atoms with Crippen molar-refractivity contribution in [3.63, 3.8) is 0 Å². The lowest BCUT2D eigenvalue weighted by Gasteiger charge is -2.32. The van der Waals surface area contributed by atoms with E-state index in [0.717, 1.165) is 11.3 Å². The summed E-state index contributed by atoms with van der Waals surface area (Å²) in [5.41, 5.74) is 1.53. The number of methoxy groups -OCH3 is 4. The molecular formula is C19H22O6. The fourth-order valence-corrected chi connectivity index (χ4v) is 3.11. The number of rotatable bonds is 5. The second-order valence-electron chi connectivity index (χ2n) is 5.69. The number of aliphatic hydroxyl groups is 1. The zero-order valence-corrected chi connectivity index (χ0v) is 14.7. The van der Waals surface area contributed by atoms with E-state index in [1.807, 2.05) is 24.3 Å². The van der Waals surface area contributed by atoms with Gasteiger partial charge in [0.25, 0.3) is 0 Å². The van der Waals surface area contributed by atoms with Gasteiger partial charge in [0.2, 0.25) is 5.75 Å². The smallest absolute Gasteiger partial charge is 0.203 e. The molecule has 1 aliphatic heterocycles. The lowest BCUT2D eigenvalue weighted by atomic mass is 9.93. The Labute approximate surface area is 146 Å². The van der Waals surface area contributed by atoms with E-state index < -0.39 is 6.10 Å². The second kappa shape index (κ2) is 7.11. The van der Waals surface area contributed by atoms with Gasteiger partial charge in [-0.25, -0.2) is 0 Å². The molecule has 0 spiro atoms. The number of benzene rings is 2. The average molecular weight is 346 g/mol. The molecule has 134 valence electrons. The zero-order chi connectivity index (χ0) is 18.0. The van der Waals surface area contributed by atoms with Gasteiger partial charge in [0, 0.05) is 12.5 Å². The third-order valence-corrected chi connectivity index (χ3v) is 4.36. The van der Waals surface area contributed by atoms with Crippen LogP contribution in [0, 0.1) is 0 Å². The fourth-order valence-electron chi connectivity index (χ4n) is 3.11. The maximum atomic E-state index is 10.7. The van der Waals surface area contributed by atoms with Crippen molar-refractivity contribution in [3.8, 4) is 28.7 Å². The van der Waals surface area contributed by atoms with Gasteiger partial charge in [-0.1, -0.05) is 12.1 Å². The van der Waals surface area contributed by atoms with Crippen molar-refractivity contribution in [1.29, 1.82) is 0 Å². The maximum Gasteiger partial charge on any atom is 0.203 e. The molecule has 1 heterocycles. The van der Waals surface area contributed by atoms with E-state index in [4.69, 9.17) is 23.7 Å². The average Bonchev–Trinajstić information content (AvgIpc) is 2.66. The number of aliphatic hydroxyl groups excluding tert-OH is 1. The van der Waals surface area contributed by atoms with E-state index in [-0.39, 0.29) is 6.10 Å². The summed E-state index contributed by atoms with van der Waals surface area (Å²) in [5.74, 6) is 2.65. The Morgan fingerprint density at radius 2 is 1.60 bits per heavy atom. The van der Waals surface area contributed by atoms with E-state index >= 15 is 0 Å². The molecule has 0 aromatic heterocycles. The van der Waals surface area contributed by atoms with Crippen LogP contribution in [-0.2, 0) is 0 Å². The Hall–Kier alpha value is -2.60. The lowest BCUT2D eigenvalue weighted by Crippen LogP contribution is -2.20. The first-order valence-corrected chi connectivity index (χ1v) is 7.94. The highest BCUT2D eigenvalue weighted by molar-refractivity contribution is 5.63. The Bertz CT molecular complexity index is 741. The molecular weight excluding hydrogens is 324 g/mol. The third kappa shape index (κ3) is 3.05. The predicted molar refractivity (Wildman–Crippen MR) is 92.0 cm³/mol. The van der Waals surface area contributed by atoms with Crippen LogP contribution in [0.4, 0.5) is 0 Å². The molecule has 1 N–H and O–H groups in total. The van der Waals surface area contributed by atoms with Gasteiger partial charge < -0.3 is 28.8 Å². The van der Waals surface area contributed by atoms with Gasteiger partial charge >= 0.3 is 0 Å². The molecule has 2 atom stereocenters. The van der Waals surface area contributed by atoms with Gasteiger partial charge in [-0.15, -0.1) is 0 Å². The quantitative estimate of drug-likeness (QED) is 0.896. The molecule has 0 fully saturated rings. The van der Waals surface area contributed by atoms with Crippen molar-refractivity contribution in [3.05, 3.63) is 41.5 Å². The van der Waals surface area contributed by atoms with Crippen molar-refractivity contribution in [2.24, 2.45) is 0 Å². The predicted octanol–water partition coefficient (Wildman–Crippen LogP) is 3.28. The molecule has 2 unspecified atom stereocenters. The second-order valence-corrected chi connectivity index (χ2v) is 5.69. The Balaban J connectivity index is 2.01. The van der Waals surface area contributed by atoms with Crippen LogP contribution < -0.4 is 23.7 Å². The number of fused-ring (bicyclic) bond motifs is 1. The standard InChI is InChI=1S/C19H22O6/c1-21-12-7-5-11(6-8-12)14-9-13(20)17-15(25-14)10-16(22-2)18(23-3)19(17)24-4/h5-8,10,13-14,20H,9H2,1-4H3. The lowest BCUT2D eigenvalue weighted by molar-refractivity contribution is 0.0624. The van der Waals surface area contributed by atoms with Gasteiger partial charge in [-0.05, 0) is 17.7 Å². The maximum absolute atomic E-state index is 10.7. The van der Waals surface area contributed by atoms with E-state index in [9.17, 15) is 5.11 Å². The van der Waals surface area contributed by atoms with Crippen LogP contribution in [0.15, 0.2) is 30.3 Å². The molecule has 0 bridgehead atoms. The molecule has 1 aliphatic rings. The minimum absolute atomic E-state index is 0.281. The summed E-state index contributed by atoms with van der Waals surface area (Å²) < 4.78 is 27.5. The van der Waals surface area contributed by atoms with Gasteiger partial charge in [-0.3, -0.25) is 0 Å². The van der Waals surface area contributed by atoms with Crippen LogP contribution in [-0.4, -0.2) is 33.5 Å². The Morgan fingerprint density at radius 3 is 2.16 bits per heavy atom. The Morgan fingerprint density at radius 1 is 0.920 bits per heavy atom. The van der Waals surface area contributed by atoms with Crippen molar-refractivity contribution >= 4 is 0 Å². The van der Waals surface area contributed by atoms with Gasteiger partial charge in [0.05, 0.1) is 40.1 Å². The highest BCUT2D eigenvalue weighted by Gasteiger charge is 2.34. The van der Waals surface area contributed by atoms with E-state index in [2.05, 4.69) is 0 Å². The van der Waals surface area contributed by atoms with Gasteiger partial charge in [0.1, 0.15) is 17.6 Å².